The van der Waals surface area contributed by atoms with Gasteiger partial charge in [-0.3, -0.25) is 24.5 Å². The van der Waals surface area contributed by atoms with Gasteiger partial charge in [-0.1, -0.05) is 0 Å². The molecular weight excluding hydrogens is 501 g/mol. The van der Waals surface area contributed by atoms with E-state index in [1.54, 1.807) is 12.1 Å². The number of halogens is 1. The number of nitrogens with zero attached hydrogens (tertiary/aromatic N) is 4. The second-order valence-electron chi connectivity index (χ2n) is 11.0. The van der Waals surface area contributed by atoms with Gasteiger partial charge in [-0.2, -0.15) is 0 Å². The summed E-state index contributed by atoms with van der Waals surface area (Å²) in [4.78, 5) is 60.0. The second kappa shape index (κ2) is 10.4. The van der Waals surface area contributed by atoms with Crippen molar-refractivity contribution < 1.29 is 23.6 Å². The Morgan fingerprint density at radius 1 is 0.872 bits per heavy atom. The SMILES string of the molecule is O=C1CCC(N2Cc3nc(N4CCC(C5CCN(C(=O)c6ccc(F)cc6)CC5)CC4)ccc3C2=O)C(=O)N1. The maximum absolute atomic E-state index is 13.2. The molecule has 4 amide bonds. The van der Waals surface area contributed by atoms with Crippen LogP contribution in [0.15, 0.2) is 36.4 Å². The Bertz CT molecular complexity index is 1300. The fourth-order valence-electron chi connectivity index (χ4n) is 6.55. The van der Waals surface area contributed by atoms with E-state index in [-0.39, 0.29) is 36.5 Å². The zero-order chi connectivity index (χ0) is 27.1. The van der Waals surface area contributed by atoms with E-state index in [0.29, 0.717) is 35.1 Å². The Morgan fingerprint density at radius 2 is 1.54 bits per heavy atom. The maximum Gasteiger partial charge on any atom is 0.256 e. The Labute approximate surface area is 226 Å². The van der Waals surface area contributed by atoms with Gasteiger partial charge >= 0.3 is 0 Å². The number of carbonyl (C=O) groups is 4. The fraction of sp³-hybridized carbons (Fsp3) is 0.483. The summed E-state index contributed by atoms with van der Waals surface area (Å²) in [6, 6.07) is 8.83. The third-order valence-corrected chi connectivity index (χ3v) is 8.81. The van der Waals surface area contributed by atoms with Crippen molar-refractivity contribution in [2.24, 2.45) is 11.8 Å². The minimum atomic E-state index is -0.638. The predicted molar refractivity (Wildman–Crippen MR) is 140 cm³/mol. The average Bonchev–Trinajstić information content (AvgIpc) is 3.28. The number of anilines is 1. The van der Waals surface area contributed by atoms with Gasteiger partial charge in [0.2, 0.25) is 11.8 Å². The largest absolute Gasteiger partial charge is 0.357 e. The maximum atomic E-state index is 13.2. The van der Waals surface area contributed by atoms with Gasteiger partial charge in [-0.15, -0.1) is 0 Å². The van der Waals surface area contributed by atoms with Gasteiger partial charge in [-0.05, 0) is 80.3 Å². The van der Waals surface area contributed by atoms with Crippen molar-refractivity contribution in [2.45, 2.75) is 51.1 Å². The van der Waals surface area contributed by atoms with Crippen LogP contribution in [0, 0.1) is 17.7 Å². The van der Waals surface area contributed by atoms with Crippen LogP contribution in [-0.2, 0) is 16.1 Å². The van der Waals surface area contributed by atoms with Gasteiger partial charge in [0.1, 0.15) is 17.7 Å². The van der Waals surface area contributed by atoms with E-state index in [4.69, 9.17) is 4.98 Å². The molecule has 0 bridgehead atoms. The highest BCUT2D eigenvalue weighted by molar-refractivity contribution is 6.05. The number of likely N-dealkylation sites (tertiary alicyclic amines) is 1. The minimum Gasteiger partial charge on any atom is -0.357 e. The van der Waals surface area contributed by atoms with Crippen molar-refractivity contribution in [3.8, 4) is 0 Å². The van der Waals surface area contributed by atoms with Crippen molar-refractivity contribution in [1.29, 1.82) is 0 Å². The molecule has 0 radical (unpaired) electrons. The van der Waals surface area contributed by atoms with E-state index in [9.17, 15) is 23.6 Å². The number of pyridine rings is 1. The standard InChI is InChI=1S/C29H32FN5O4/c30-21-3-1-20(2-4-21)28(38)34-15-11-19(12-16-34)18-9-13-33(14-10-18)25-7-5-22-23(31-25)17-35(29(22)39)24-6-8-26(36)32-27(24)37/h1-5,7,18-19,24H,6,8-17H2,(H,32,36,37). The van der Waals surface area contributed by atoms with Gasteiger partial charge in [-0.25, -0.2) is 9.37 Å². The molecule has 39 heavy (non-hydrogen) atoms. The minimum absolute atomic E-state index is 0.0272. The number of hydrogen-bond acceptors (Lipinski definition) is 6. The van der Waals surface area contributed by atoms with Crippen molar-refractivity contribution >= 4 is 29.4 Å². The predicted octanol–water partition coefficient (Wildman–Crippen LogP) is 2.75. The average molecular weight is 534 g/mol. The van der Waals surface area contributed by atoms with E-state index in [2.05, 4.69) is 10.2 Å². The van der Waals surface area contributed by atoms with Crippen molar-refractivity contribution in [2.75, 3.05) is 31.1 Å². The van der Waals surface area contributed by atoms with Gasteiger partial charge in [0, 0.05) is 38.2 Å². The first-order valence-electron chi connectivity index (χ1n) is 13.8. The zero-order valence-corrected chi connectivity index (χ0v) is 21.8. The number of imide groups is 1. The summed E-state index contributed by atoms with van der Waals surface area (Å²) in [5.74, 6) is 0.746. The molecule has 2 aromatic rings. The van der Waals surface area contributed by atoms with Crippen LogP contribution in [0.2, 0.25) is 0 Å². The van der Waals surface area contributed by atoms with Crippen molar-refractivity contribution in [1.82, 2.24) is 20.1 Å². The van der Waals surface area contributed by atoms with Crippen LogP contribution in [0.25, 0.3) is 0 Å². The molecule has 3 saturated heterocycles. The van der Waals surface area contributed by atoms with E-state index < -0.39 is 11.9 Å². The molecule has 1 atom stereocenters. The Hall–Kier alpha value is -3.82. The summed E-state index contributed by atoms with van der Waals surface area (Å²) in [6.07, 6.45) is 4.63. The van der Waals surface area contributed by atoms with E-state index >= 15 is 0 Å². The molecule has 6 rings (SSSR count). The third-order valence-electron chi connectivity index (χ3n) is 8.81. The number of hydrogen-bond donors (Lipinski definition) is 1. The lowest BCUT2D eigenvalue weighted by molar-refractivity contribution is -0.136. The molecule has 3 fully saturated rings. The Balaban J connectivity index is 1.02. The molecule has 1 aromatic carbocycles. The van der Waals surface area contributed by atoms with Crippen LogP contribution in [0.4, 0.5) is 10.2 Å². The van der Waals surface area contributed by atoms with Gasteiger partial charge in [0.25, 0.3) is 11.8 Å². The molecule has 0 aliphatic carbocycles. The summed E-state index contributed by atoms with van der Waals surface area (Å²) in [6.45, 7) is 3.50. The van der Waals surface area contributed by atoms with E-state index in [1.165, 1.54) is 17.0 Å². The number of nitrogens with one attached hydrogen (secondary N) is 1. The molecule has 4 aliphatic rings. The molecule has 0 saturated carbocycles. The quantitative estimate of drug-likeness (QED) is 0.607. The Kier molecular flexibility index (Phi) is 6.78. The molecule has 1 N–H and O–H groups in total. The monoisotopic (exact) mass is 533 g/mol. The van der Waals surface area contributed by atoms with Gasteiger partial charge in [0.15, 0.2) is 0 Å². The smallest absolute Gasteiger partial charge is 0.256 e. The number of rotatable bonds is 4. The number of benzene rings is 1. The molecular formula is C29H32FN5O4. The first kappa shape index (κ1) is 25.5. The molecule has 1 unspecified atom stereocenters. The Morgan fingerprint density at radius 3 is 2.21 bits per heavy atom. The molecule has 5 heterocycles. The second-order valence-corrected chi connectivity index (χ2v) is 11.0. The highest BCUT2D eigenvalue weighted by Gasteiger charge is 2.40. The summed E-state index contributed by atoms with van der Waals surface area (Å²) < 4.78 is 13.2. The lowest BCUT2D eigenvalue weighted by atomic mass is 9.78. The molecule has 9 nitrogen and oxygen atoms in total. The zero-order valence-electron chi connectivity index (χ0n) is 21.8. The molecule has 10 heteroatoms. The first-order chi connectivity index (χ1) is 18.9. The van der Waals surface area contributed by atoms with Crippen LogP contribution in [-0.4, -0.2) is 70.6 Å². The lowest BCUT2D eigenvalue weighted by Crippen LogP contribution is -2.52. The summed E-state index contributed by atoms with van der Waals surface area (Å²) >= 11 is 0. The number of aromatic nitrogens is 1. The third kappa shape index (κ3) is 4.99. The van der Waals surface area contributed by atoms with Crippen molar-refractivity contribution in [3.63, 3.8) is 0 Å². The van der Waals surface area contributed by atoms with Crippen LogP contribution in [0.1, 0.15) is 64.9 Å². The topological polar surface area (TPSA) is 103 Å². The summed E-state index contributed by atoms with van der Waals surface area (Å²) in [5, 5.41) is 2.33. The molecule has 1 aromatic heterocycles. The molecule has 4 aliphatic heterocycles. The van der Waals surface area contributed by atoms with Crippen LogP contribution >= 0.6 is 0 Å². The van der Waals surface area contributed by atoms with Crippen LogP contribution in [0.5, 0.6) is 0 Å². The highest BCUT2D eigenvalue weighted by Crippen LogP contribution is 2.35. The molecule has 204 valence electrons. The van der Waals surface area contributed by atoms with Gasteiger partial charge < -0.3 is 14.7 Å². The lowest BCUT2D eigenvalue weighted by Gasteiger charge is -2.40. The first-order valence-corrected chi connectivity index (χ1v) is 13.8. The number of carbonyl (C=O) groups excluding carboxylic acids is 4. The van der Waals surface area contributed by atoms with E-state index in [1.807, 2.05) is 17.0 Å². The van der Waals surface area contributed by atoms with Gasteiger partial charge in [0.05, 0.1) is 17.8 Å². The number of amides is 4. The summed E-state index contributed by atoms with van der Waals surface area (Å²) in [7, 11) is 0. The van der Waals surface area contributed by atoms with Crippen LogP contribution in [0.3, 0.4) is 0 Å². The number of fused-ring (bicyclic) bond motifs is 1. The fourth-order valence-corrected chi connectivity index (χ4v) is 6.55. The highest BCUT2D eigenvalue weighted by atomic mass is 19.1. The van der Waals surface area contributed by atoms with Crippen LogP contribution < -0.4 is 10.2 Å². The molecule has 0 spiro atoms. The van der Waals surface area contributed by atoms with Crippen molar-refractivity contribution in [3.05, 3.63) is 59.0 Å². The normalized spacial score (nSPS) is 22.7. The number of piperidine rings is 3. The van der Waals surface area contributed by atoms with E-state index in [0.717, 1.165) is 57.7 Å². The summed E-state index contributed by atoms with van der Waals surface area (Å²) in [5.41, 5.74) is 1.75.